The highest BCUT2D eigenvalue weighted by Gasteiger charge is 1.95. The zero-order chi connectivity index (χ0) is 9.52. The van der Waals surface area contributed by atoms with Crippen molar-refractivity contribution in [2.45, 2.75) is 6.54 Å². The minimum atomic E-state index is 0.643. The number of nitrogens with zero attached hydrogens (tertiary/aromatic N) is 1. The highest BCUT2D eigenvalue weighted by Crippen LogP contribution is 2.05. The van der Waals surface area contributed by atoms with Crippen molar-refractivity contribution in [3.63, 3.8) is 0 Å². The van der Waals surface area contributed by atoms with Crippen molar-refractivity contribution in [1.82, 2.24) is 10.3 Å². The third-order valence-corrected chi connectivity index (χ3v) is 1.62. The van der Waals surface area contributed by atoms with E-state index in [0.29, 0.717) is 12.4 Å². The van der Waals surface area contributed by atoms with Gasteiger partial charge in [0, 0.05) is 25.7 Å². The maximum absolute atomic E-state index is 5.34. The Morgan fingerprint density at radius 2 is 2.38 bits per heavy atom. The Morgan fingerprint density at radius 1 is 1.54 bits per heavy atom. The molecule has 0 unspecified atom stereocenters. The zero-order valence-corrected chi connectivity index (χ0v) is 7.79. The van der Waals surface area contributed by atoms with E-state index in [9.17, 15) is 0 Å². The molecule has 0 bridgehead atoms. The molecule has 0 spiro atoms. The monoisotopic (exact) mass is 181 g/mol. The number of nitrogens with one attached hydrogen (secondary N) is 1. The van der Waals surface area contributed by atoms with Crippen LogP contribution < -0.4 is 15.8 Å². The van der Waals surface area contributed by atoms with Crippen molar-refractivity contribution in [2.24, 2.45) is 5.73 Å². The molecule has 0 fully saturated rings. The topological polar surface area (TPSA) is 60.2 Å². The number of pyridine rings is 1. The van der Waals surface area contributed by atoms with Gasteiger partial charge in [0.15, 0.2) is 0 Å². The van der Waals surface area contributed by atoms with Gasteiger partial charge in [0.25, 0.3) is 0 Å². The maximum atomic E-state index is 5.34. The summed E-state index contributed by atoms with van der Waals surface area (Å²) in [6.07, 6.45) is 0. The van der Waals surface area contributed by atoms with Crippen LogP contribution in [0, 0.1) is 0 Å². The summed E-state index contributed by atoms with van der Waals surface area (Å²) < 4.78 is 5.00. The fourth-order valence-electron chi connectivity index (χ4n) is 0.988. The van der Waals surface area contributed by atoms with Gasteiger partial charge in [0.2, 0.25) is 5.88 Å². The Balaban J connectivity index is 2.46. The minimum absolute atomic E-state index is 0.643. The Morgan fingerprint density at radius 3 is 3.08 bits per heavy atom. The van der Waals surface area contributed by atoms with E-state index in [2.05, 4.69) is 10.3 Å². The number of hydrogen-bond acceptors (Lipinski definition) is 4. The molecule has 0 saturated heterocycles. The first-order chi connectivity index (χ1) is 6.36. The van der Waals surface area contributed by atoms with Crippen LogP contribution in [0.3, 0.4) is 0 Å². The van der Waals surface area contributed by atoms with Crippen molar-refractivity contribution in [3.8, 4) is 5.88 Å². The molecule has 0 aliphatic heterocycles. The molecule has 0 atom stereocenters. The summed E-state index contributed by atoms with van der Waals surface area (Å²) in [5.74, 6) is 0.645. The quantitative estimate of drug-likeness (QED) is 0.634. The van der Waals surface area contributed by atoms with Gasteiger partial charge in [-0.15, -0.1) is 0 Å². The van der Waals surface area contributed by atoms with E-state index in [4.69, 9.17) is 10.5 Å². The second-order valence-corrected chi connectivity index (χ2v) is 2.64. The number of ether oxygens (including phenoxy) is 1. The van der Waals surface area contributed by atoms with Crippen LogP contribution >= 0.6 is 0 Å². The van der Waals surface area contributed by atoms with Crippen molar-refractivity contribution < 1.29 is 4.74 Å². The van der Waals surface area contributed by atoms with Gasteiger partial charge in [0.1, 0.15) is 0 Å². The van der Waals surface area contributed by atoms with Gasteiger partial charge >= 0.3 is 0 Å². The molecule has 3 N–H and O–H groups in total. The molecule has 0 aliphatic carbocycles. The lowest BCUT2D eigenvalue weighted by Crippen LogP contribution is -2.22. The van der Waals surface area contributed by atoms with Crippen LogP contribution in [0.2, 0.25) is 0 Å². The lowest BCUT2D eigenvalue weighted by molar-refractivity contribution is 0.395. The van der Waals surface area contributed by atoms with Gasteiger partial charge < -0.3 is 15.8 Å². The van der Waals surface area contributed by atoms with Crippen LogP contribution in [-0.4, -0.2) is 25.2 Å². The molecule has 4 heteroatoms. The molecule has 1 aromatic heterocycles. The smallest absolute Gasteiger partial charge is 0.213 e. The van der Waals surface area contributed by atoms with E-state index in [1.807, 2.05) is 18.2 Å². The summed E-state index contributed by atoms with van der Waals surface area (Å²) >= 11 is 0. The molecular formula is C9H15N3O. The van der Waals surface area contributed by atoms with Gasteiger partial charge in [-0.2, -0.15) is 0 Å². The molecule has 1 rings (SSSR count). The van der Waals surface area contributed by atoms with Crippen LogP contribution in [0.1, 0.15) is 5.69 Å². The van der Waals surface area contributed by atoms with E-state index < -0.39 is 0 Å². The van der Waals surface area contributed by atoms with Gasteiger partial charge in [0.05, 0.1) is 12.8 Å². The summed E-state index contributed by atoms with van der Waals surface area (Å²) in [6, 6.07) is 5.70. The van der Waals surface area contributed by atoms with Crippen LogP contribution in [0.5, 0.6) is 5.88 Å². The number of methoxy groups -OCH3 is 1. The molecular weight excluding hydrogens is 166 g/mol. The Bertz CT molecular complexity index is 252. The average molecular weight is 181 g/mol. The Labute approximate surface area is 78.1 Å². The molecule has 0 aliphatic rings. The first-order valence-corrected chi connectivity index (χ1v) is 4.27. The second kappa shape index (κ2) is 5.50. The predicted octanol–water partition coefficient (Wildman–Crippen LogP) is 0.138. The lowest BCUT2D eigenvalue weighted by Gasteiger charge is -2.03. The molecule has 13 heavy (non-hydrogen) atoms. The summed E-state index contributed by atoms with van der Waals surface area (Å²) in [7, 11) is 1.61. The van der Waals surface area contributed by atoms with Gasteiger partial charge in [-0.05, 0) is 6.07 Å². The van der Waals surface area contributed by atoms with Crippen molar-refractivity contribution >= 4 is 0 Å². The third-order valence-electron chi connectivity index (χ3n) is 1.62. The van der Waals surface area contributed by atoms with Gasteiger partial charge in [-0.1, -0.05) is 6.07 Å². The molecule has 4 nitrogen and oxygen atoms in total. The van der Waals surface area contributed by atoms with E-state index >= 15 is 0 Å². The molecule has 1 aromatic rings. The van der Waals surface area contributed by atoms with Crippen molar-refractivity contribution in [1.29, 1.82) is 0 Å². The molecule has 0 saturated carbocycles. The molecule has 0 amide bonds. The predicted molar refractivity (Wildman–Crippen MR) is 51.6 cm³/mol. The molecule has 0 radical (unpaired) electrons. The number of hydrogen-bond donors (Lipinski definition) is 2. The van der Waals surface area contributed by atoms with Crippen LogP contribution in [-0.2, 0) is 6.54 Å². The SMILES string of the molecule is COc1cccc(CNCCN)n1. The average Bonchev–Trinajstić information content (AvgIpc) is 2.19. The zero-order valence-electron chi connectivity index (χ0n) is 7.79. The number of nitrogens with two attached hydrogens (primary N) is 1. The molecule has 72 valence electrons. The maximum Gasteiger partial charge on any atom is 0.213 e. The first-order valence-electron chi connectivity index (χ1n) is 4.27. The summed E-state index contributed by atoms with van der Waals surface area (Å²) in [6.45, 7) is 2.18. The Kier molecular flexibility index (Phi) is 4.21. The van der Waals surface area contributed by atoms with Crippen LogP contribution in [0.4, 0.5) is 0 Å². The van der Waals surface area contributed by atoms with Crippen molar-refractivity contribution in [2.75, 3.05) is 20.2 Å². The normalized spacial score (nSPS) is 10.0. The molecule has 0 aromatic carbocycles. The summed E-state index contributed by atoms with van der Waals surface area (Å²) in [5, 5.41) is 3.16. The summed E-state index contributed by atoms with van der Waals surface area (Å²) in [5.41, 5.74) is 6.31. The van der Waals surface area contributed by atoms with Crippen LogP contribution in [0.25, 0.3) is 0 Å². The first kappa shape index (κ1) is 9.95. The molecule has 1 heterocycles. The van der Waals surface area contributed by atoms with E-state index in [1.165, 1.54) is 0 Å². The lowest BCUT2D eigenvalue weighted by atomic mass is 10.3. The number of aromatic nitrogens is 1. The fourth-order valence-corrected chi connectivity index (χ4v) is 0.988. The highest BCUT2D eigenvalue weighted by molar-refractivity contribution is 5.15. The van der Waals surface area contributed by atoms with E-state index in [-0.39, 0.29) is 0 Å². The largest absolute Gasteiger partial charge is 0.481 e. The third kappa shape index (κ3) is 3.40. The standard InChI is InChI=1S/C9H15N3O/c1-13-9-4-2-3-8(12-9)7-11-6-5-10/h2-4,11H,5-7,10H2,1H3. The fraction of sp³-hybridized carbons (Fsp3) is 0.444. The Hall–Kier alpha value is -1.13. The van der Waals surface area contributed by atoms with Gasteiger partial charge in [-0.25, -0.2) is 4.98 Å². The highest BCUT2D eigenvalue weighted by atomic mass is 16.5. The second-order valence-electron chi connectivity index (χ2n) is 2.64. The van der Waals surface area contributed by atoms with E-state index in [0.717, 1.165) is 18.8 Å². The van der Waals surface area contributed by atoms with Gasteiger partial charge in [-0.3, -0.25) is 0 Å². The minimum Gasteiger partial charge on any atom is -0.481 e. The van der Waals surface area contributed by atoms with Crippen LogP contribution in [0.15, 0.2) is 18.2 Å². The number of rotatable bonds is 5. The van der Waals surface area contributed by atoms with Crippen molar-refractivity contribution in [3.05, 3.63) is 23.9 Å². The summed E-state index contributed by atoms with van der Waals surface area (Å²) in [4.78, 5) is 4.24. The van der Waals surface area contributed by atoms with E-state index in [1.54, 1.807) is 7.11 Å².